The standard InChI is InChI=1S/C18H23N3O2/c1-14-17(8-10-20(14)2)18(22)21(13-16-7-5-11-23-16)12-15-6-3-4-9-19-15/h3-4,6,8-10,16H,5,7,11-13H2,1-2H3/t16-/m0/s1. The average molecular weight is 313 g/mol. The first-order valence-electron chi connectivity index (χ1n) is 8.08. The summed E-state index contributed by atoms with van der Waals surface area (Å²) < 4.78 is 7.69. The van der Waals surface area contributed by atoms with Crippen molar-refractivity contribution in [3.8, 4) is 0 Å². The molecule has 23 heavy (non-hydrogen) atoms. The molecule has 1 aliphatic heterocycles. The van der Waals surface area contributed by atoms with Crippen LogP contribution in [0.25, 0.3) is 0 Å². The molecule has 1 saturated heterocycles. The van der Waals surface area contributed by atoms with E-state index in [0.717, 1.165) is 36.4 Å². The molecule has 0 unspecified atom stereocenters. The second-order valence-electron chi connectivity index (χ2n) is 6.07. The molecule has 2 aromatic rings. The highest BCUT2D eigenvalue weighted by Crippen LogP contribution is 2.18. The minimum atomic E-state index is 0.0456. The van der Waals surface area contributed by atoms with Gasteiger partial charge in [-0.1, -0.05) is 6.07 Å². The topological polar surface area (TPSA) is 47.4 Å². The quantitative estimate of drug-likeness (QED) is 0.852. The van der Waals surface area contributed by atoms with Gasteiger partial charge < -0.3 is 14.2 Å². The molecular formula is C18H23N3O2. The zero-order valence-corrected chi connectivity index (χ0v) is 13.7. The molecule has 5 nitrogen and oxygen atoms in total. The molecule has 1 amide bonds. The lowest BCUT2D eigenvalue weighted by Crippen LogP contribution is -2.37. The molecule has 3 heterocycles. The van der Waals surface area contributed by atoms with Gasteiger partial charge in [-0.2, -0.15) is 0 Å². The van der Waals surface area contributed by atoms with Crippen LogP contribution in [0.4, 0.5) is 0 Å². The SMILES string of the molecule is Cc1c(C(=O)N(Cc2ccccn2)C[C@@H]2CCCO2)ccn1C. The van der Waals surface area contributed by atoms with E-state index in [2.05, 4.69) is 4.98 Å². The van der Waals surface area contributed by atoms with E-state index in [4.69, 9.17) is 4.74 Å². The van der Waals surface area contributed by atoms with E-state index in [1.165, 1.54) is 0 Å². The fourth-order valence-electron chi connectivity index (χ4n) is 2.95. The number of hydrogen-bond donors (Lipinski definition) is 0. The summed E-state index contributed by atoms with van der Waals surface area (Å²) in [7, 11) is 1.95. The highest BCUT2D eigenvalue weighted by atomic mass is 16.5. The Hall–Kier alpha value is -2.14. The van der Waals surface area contributed by atoms with E-state index in [-0.39, 0.29) is 12.0 Å². The summed E-state index contributed by atoms with van der Waals surface area (Å²) in [5.41, 5.74) is 2.63. The van der Waals surface area contributed by atoms with E-state index >= 15 is 0 Å². The first-order valence-corrected chi connectivity index (χ1v) is 8.08. The number of carbonyl (C=O) groups excluding carboxylic acids is 1. The monoisotopic (exact) mass is 313 g/mol. The number of pyridine rings is 1. The third-order valence-corrected chi connectivity index (χ3v) is 4.43. The lowest BCUT2D eigenvalue weighted by Gasteiger charge is -2.25. The Labute approximate surface area is 136 Å². The van der Waals surface area contributed by atoms with Gasteiger partial charge in [-0.05, 0) is 38.0 Å². The van der Waals surface area contributed by atoms with Crippen molar-refractivity contribution in [2.24, 2.45) is 7.05 Å². The van der Waals surface area contributed by atoms with E-state index in [9.17, 15) is 4.79 Å². The van der Waals surface area contributed by atoms with Gasteiger partial charge in [0, 0.05) is 38.3 Å². The van der Waals surface area contributed by atoms with Crippen molar-refractivity contribution >= 4 is 5.91 Å². The molecule has 0 aliphatic carbocycles. The van der Waals surface area contributed by atoms with Crippen molar-refractivity contribution in [1.29, 1.82) is 0 Å². The Balaban J connectivity index is 1.81. The summed E-state index contributed by atoms with van der Waals surface area (Å²) in [6.07, 6.45) is 5.90. The van der Waals surface area contributed by atoms with Crippen molar-refractivity contribution in [2.45, 2.75) is 32.4 Å². The Morgan fingerprint density at radius 3 is 2.91 bits per heavy atom. The average Bonchev–Trinajstić information content (AvgIpc) is 3.18. The maximum Gasteiger partial charge on any atom is 0.256 e. The molecule has 0 bridgehead atoms. The third-order valence-electron chi connectivity index (χ3n) is 4.43. The van der Waals surface area contributed by atoms with Gasteiger partial charge in [-0.15, -0.1) is 0 Å². The third kappa shape index (κ3) is 3.62. The van der Waals surface area contributed by atoms with Crippen LogP contribution in [-0.2, 0) is 18.3 Å². The summed E-state index contributed by atoms with van der Waals surface area (Å²) in [6.45, 7) is 3.89. The Morgan fingerprint density at radius 1 is 1.43 bits per heavy atom. The van der Waals surface area contributed by atoms with Gasteiger partial charge in [0.15, 0.2) is 0 Å². The molecule has 122 valence electrons. The van der Waals surface area contributed by atoms with Gasteiger partial charge in [0.1, 0.15) is 0 Å². The number of rotatable bonds is 5. The smallest absolute Gasteiger partial charge is 0.256 e. The number of aromatic nitrogens is 2. The van der Waals surface area contributed by atoms with E-state index < -0.39 is 0 Å². The molecule has 2 aromatic heterocycles. The van der Waals surface area contributed by atoms with Crippen LogP contribution in [0.3, 0.4) is 0 Å². The Bertz CT molecular complexity index is 660. The molecule has 0 saturated carbocycles. The first kappa shape index (κ1) is 15.7. The fourth-order valence-corrected chi connectivity index (χ4v) is 2.95. The number of carbonyl (C=O) groups is 1. The summed E-state index contributed by atoms with van der Waals surface area (Å²) in [6, 6.07) is 7.67. The summed E-state index contributed by atoms with van der Waals surface area (Å²) >= 11 is 0. The summed E-state index contributed by atoms with van der Waals surface area (Å²) in [5, 5.41) is 0. The molecule has 0 radical (unpaired) electrons. The molecular weight excluding hydrogens is 290 g/mol. The van der Waals surface area contributed by atoms with Crippen molar-refractivity contribution in [1.82, 2.24) is 14.5 Å². The number of nitrogens with zero attached hydrogens (tertiary/aromatic N) is 3. The van der Waals surface area contributed by atoms with E-state index in [0.29, 0.717) is 13.1 Å². The second kappa shape index (κ2) is 6.96. The van der Waals surface area contributed by atoms with Crippen molar-refractivity contribution in [3.05, 3.63) is 53.6 Å². The first-order chi connectivity index (χ1) is 11.1. The van der Waals surface area contributed by atoms with Crippen molar-refractivity contribution in [3.63, 3.8) is 0 Å². The van der Waals surface area contributed by atoms with Crippen molar-refractivity contribution < 1.29 is 9.53 Å². The minimum Gasteiger partial charge on any atom is -0.376 e. The maximum absolute atomic E-state index is 13.0. The lowest BCUT2D eigenvalue weighted by atomic mass is 10.1. The van der Waals surface area contributed by atoms with Crippen molar-refractivity contribution in [2.75, 3.05) is 13.2 Å². The zero-order chi connectivity index (χ0) is 16.2. The van der Waals surface area contributed by atoms with E-state index in [1.807, 2.05) is 53.9 Å². The van der Waals surface area contributed by atoms with Gasteiger partial charge in [-0.25, -0.2) is 0 Å². The van der Waals surface area contributed by atoms with Gasteiger partial charge in [0.05, 0.1) is 23.9 Å². The fraction of sp³-hybridized carbons (Fsp3) is 0.444. The van der Waals surface area contributed by atoms with Gasteiger partial charge >= 0.3 is 0 Å². The molecule has 5 heteroatoms. The minimum absolute atomic E-state index is 0.0456. The van der Waals surface area contributed by atoms with Gasteiger partial charge in [0.2, 0.25) is 0 Å². The van der Waals surface area contributed by atoms with Crippen LogP contribution in [0.2, 0.25) is 0 Å². The molecule has 0 spiro atoms. The molecule has 1 fully saturated rings. The molecule has 1 aliphatic rings. The van der Waals surface area contributed by atoms with Crippen LogP contribution in [-0.4, -0.2) is 39.6 Å². The van der Waals surface area contributed by atoms with Crippen LogP contribution in [0, 0.1) is 6.92 Å². The number of hydrogen-bond acceptors (Lipinski definition) is 3. The predicted molar refractivity (Wildman–Crippen MR) is 88.1 cm³/mol. The number of aryl methyl sites for hydroxylation is 1. The zero-order valence-electron chi connectivity index (χ0n) is 13.7. The van der Waals surface area contributed by atoms with E-state index in [1.54, 1.807) is 6.20 Å². The predicted octanol–water partition coefficient (Wildman–Crippen LogP) is 2.55. The molecule has 0 N–H and O–H groups in total. The normalized spacial score (nSPS) is 17.4. The van der Waals surface area contributed by atoms with Crippen LogP contribution in [0.15, 0.2) is 36.7 Å². The highest BCUT2D eigenvalue weighted by molar-refractivity contribution is 5.95. The second-order valence-corrected chi connectivity index (χ2v) is 6.07. The Morgan fingerprint density at radius 2 is 2.30 bits per heavy atom. The largest absolute Gasteiger partial charge is 0.376 e. The molecule has 0 aromatic carbocycles. The molecule has 1 atom stereocenters. The Kier molecular flexibility index (Phi) is 4.76. The lowest BCUT2D eigenvalue weighted by molar-refractivity contribution is 0.0504. The van der Waals surface area contributed by atoms with Crippen LogP contribution >= 0.6 is 0 Å². The number of ether oxygens (including phenoxy) is 1. The maximum atomic E-state index is 13.0. The van der Waals surface area contributed by atoms with Crippen LogP contribution < -0.4 is 0 Å². The van der Waals surface area contributed by atoms with Crippen LogP contribution in [0.5, 0.6) is 0 Å². The molecule has 3 rings (SSSR count). The summed E-state index contributed by atoms with van der Waals surface area (Å²) in [5.74, 6) is 0.0456. The number of amides is 1. The highest BCUT2D eigenvalue weighted by Gasteiger charge is 2.25. The van der Waals surface area contributed by atoms with Crippen LogP contribution in [0.1, 0.15) is 34.6 Å². The van der Waals surface area contributed by atoms with Gasteiger partial charge in [-0.3, -0.25) is 9.78 Å². The van der Waals surface area contributed by atoms with Gasteiger partial charge in [0.25, 0.3) is 5.91 Å². The summed E-state index contributed by atoms with van der Waals surface area (Å²) in [4.78, 5) is 19.2.